The van der Waals surface area contributed by atoms with Gasteiger partial charge in [-0.2, -0.15) is 5.10 Å². The Hall–Kier alpha value is -0.350. The van der Waals surface area contributed by atoms with Gasteiger partial charge in [-0.15, -0.1) is 0 Å². The summed E-state index contributed by atoms with van der Waals surface area (Å²) in [6.45, 7) is 0.836. The van der Waals surface area contributed by atoms with Gasteiger partial charge in [0.05, 0.1) is 16.7 Å². The van der Waals surface area contributed by atoms with Gasteiger partial charge in [0.15, 0.2) is 0 Å². The predicted molar refractivity (Wildman–Crippen MR) is 64.6 cm³/mol. The van der Waals surface area contributed by atoms with Gasteiger partial charge in [-0.3, -0.25) is 4.68 Å². The second-order valence-corrected chi connectivity index (χ2v) is 5.31. The molecule has 1 heterocycles. The van der Waals surface area contributed by atoms with E-state index in [0.29, 0.717) is 6.04 Å². The summed E-state index contributed by atoms with van der Waals surface area (Å²) >= 11 is 3.44. The van der Waals surface area contributed by atoms with Crippen LogP contribution < -0.4 is 5.73 Å². The normalized spacial score (nSPS) is 26.8. The van der Waals surface area contributed by atoms with E-state index in [1.807, 2.05) is 6.20 Å². The quantitative estimate of drug-likeness (QED) is 0.919. The van der Waals surface area contributed by atoms with Gasteiger partial charge < -0.3 is 5.73 Å². The highest BCUT2D eigenvalue weighted by atomic mass is 79.9. The summed E-state index contributed by atoms with van der Waals surface area (Å²) in [4.78, 5) is 0. The first-order chi connectivity index (χ1) is 7.29. The van der Waals surface area contributed by atoms with Crippen LogP contribution in [0.15, 0.2) is 16.9 Å². The van der Waals surface area contributed by atoms with Crippen LogP contribution in [0.1, 0.15) is 38.1 Å². The van der Waals surface area contributed by atoms with Crippen molar-refractivity contribution < 1.29 is 0 Å². The average Bonchev–Trinajstić information content (AvgIpc) is 2.67. The van der Waals surface area contributed by atoms with Crippen molar-refractivity contribution >= 4 is 15.9 Å². The number of hydrogen-bond acceptors (Lipinski definition) is 2. The molecule has 3 nitrogen and oxygen atoms in total. The monoisotopic (exact) mass is 271 g/mol. The highest BCUT2D eigenvalue weighted by Gasteiger charge is 2.22. The fraction of sp³-hybridized carbons (Fsp3) is 0.727. The van der Waals surface area contributed by atoms with Gasteiger partial charge in [-0.05, 0) is 60.5 Å². The maximum atomic E-state index is 5.58. The van der Waals surface area contributed by atoms with E-state index in [4.69, 9.17) is 5.73 Å². The van der Waals surface area contributed by atoms with Gasteiger partial charge in [-0.1, -0.05) is 0 Å². The van der Waals surface area contributed by atoms with Gasteiger partial charge in [0.2, 0.25) is 0 Å². The fourth-order valence-electron chi connectivity index (χ4n) is 2.45. The smallest absolute Gasteiger partial charge is 0.0632 e. The molecule has 1 aromatic heterocycles. The number of halogens is 1. The minimum atomic E-state index is 0.602. The number of aromatic nitrogens is 2. The summed E-state index contributed by atoms with van der Waals surface area (Å²) in [5.41, 5.74) is 5.58. The Kier molecular flexibility index (Phi) is 3.81. The van der Waals surface area contributed by atoms with Crippen molar-refractivity contribution in [3.63, 3.8) is 0 Å². The molecule has 2 rings (SSSR count). The highest BCUT2D eigenvalue weighted by Crippen LogP contribution is 2.33. The van der Waals surface area contributed by atoms with Gasteiger partial charge in [0.1, 0.15) is 0 Å². The van der Waals surface area contributed by atoms with Gasteiger partial charge in [0.25, 0.3) is 0 Å². The third-order valence-electron chi connectivity index (χ3n) is 3.34. The third kappa shape index (κ3) is 2.82. The summed E-state index contributed by atoms with van der Waals surface area (Å²) in [6.07, 6.45) is 10.2. The molecule has 0 aliphatic heterocycles. The molecule has 84 valence electrons. The zero-order valence-corrected chi connectivity index (χ0v) is 10.5. The Morgan fingerprint density at radius 3 is 2.67 bits per heavy atom. The van der Waals surface area contributed by atoms with Crippen LogP contribution in [0, 0.1) is 5.92 Å². The first-order valence-corrected chi connectivity index (χ1v) is 6.48. The van der Waals surface area contributed by atoms with Crippen molar-refractivity contribution in [3.8, 4) is 0 Å². The number of nitrogens with zero attached hydrogens (tertiary/aromatic N) is 2. The molecule has 1 aliphatic carbocycles. The molecule has 2 N–H and O–H groups in total. The summed E-state index contributed by atoms with van der Waals surface area (Å²) in [7, 11) is 0. The molecule has 1 aliphatic rings. The van der Waals surface area contributed by atoms with Crippen LogP contribution in [0.4, 0.5) is 0 Å². The summed E-state index contributed by atoms with van der Waals surface area (Å²) < 4.78 is 3.18. The molecular weight excluding hydrogens is 254 g/mol. The Bertz CT molecular complexity index is 303. The summed E-state index contributed by atoms with van der Waals surface area (Å²) in [5.74, 6) is 0.852. The third-order valence-corrected chi connectivity index (χ3v) is 3.74. The Morgan fingerprint density at radius 2 is 2.13 bits per heavy atom. The zero-order valence-electron chi connectivity index (χ0n) is 8.90. The largest absolute Gasteiger partial charge is 0.330 e. The molecule has 0 bridgehead atoms. The molecule has 15 heavy (non-hydrogen) atoms. The predicted octanol–water partition coefficient (Wildman–Crippen LogP) is 2.73. The lowest BCUT2D eigenvalue weighted by Gasteiger charge is -2.28. The Balaban J connectivity index is 1.88. The average molecular weight is 272 g/mol. The maximum Gasteiger partial charge on any atom is 0.0632 e. The van der Waals surface area contributed by atoms with E-state index in [1.165, 1.54) is 32.1 Å². The molecule has 1 aromatic rings. The zero-order chi connectivity index (χ0) is 10.7. The van der Waals surface area contributed by atoms with Crippen LogP contribution in [0.2, 0.25) is 0 Å². The lowest BCUT2D eigenvalue weighted by Crippen LogP contribution is -2.20. The van der Waals surface area contributed by atoms with Gasteiger partial charge in [0, 0.05) is 6.20 Å². The summed E-state index contributed by atoms with van der Waals surface area (Å²) in [6, 6.07) is 0.602. The Labute approximate surface area is 99.2 Å². The molecule has 0 radical (unpaired) electrons. The van der Waals surface area contributed by atoms with Crippen LogP contribution in [-0.2, 0) is 0 Å². The molecule has 0 unspecified atom stereocenters. The van der Waals surface area contributed by atoms with Gasteiger partial charge >= 0.3 is 0 Å². The van der Waals surface area contributed by atoms with E-state index in [9.17, 15) is 0 Å². The van der Waals surface area contributed by atoms with E-state index in [-0.39, 0.29) is 0 Å². The van der Waals surface area contributed by atoms with Crippen LogP contribution >= 0.6 is 15.9 Å². The SMILES string of the molecule is NCCC1CCC(n2cc(Br)cn2)CC1. The molecule has 0 aromatic carbocycles. The van der Waals surface area contributed by atoms with Crippen molar-refractivity contribution in [2.24, 2.45) is 11.7 Å². The summed E-state index contributed by atoms with van der Waals surface area (Å²) in [5, 5.41) is 4.36. The number of rotatable bonds is 3. The highest BCUT2D eigenvalue weighted by molar-refractivity contribution is 9.10. The second kappa shape index (κ2) is 5.12. The van der Waals surface area contributed by atoms with E-state index >= 15 is 0 Å². The van der Waals surface area contributed by atoms with E-state index in [0.717, 1.165) is 16.9 Å². The van der Waals surface area contributed by atoms with Crippen molar-refractivity contribution in [1.29, 1.82) is 0 Å². The maximum absolute atomic E-state index is 5.58. The fourth-order valence-corrected chi connectivity index (χ4v) is 2.75. The van der Waals surface area contributed by atoms with Crippen LogP contribution in [0.5, 0.6) is 0 Å². The standard InChI is InChI=1S/C11H18BrN3/c12-10-7-14-15(8-10)11-3-1-9(2-4-11)5-6-13/h7-9,11H,1-6,13H2. The molecule has 4 heteroatoms. The molecule has 0 saturated heterocycles. The van der Waals surface area contributed by atoms with Gasteiger partial charge in [-0.25, -0.2) is 0 Å². The number of nitrogens with two attached hydrogens (primary N) is 1. The van der Waals surface area contributed by atoms with E-state index in [2.05, 4.69) is 31.9 Å². The first kappa shape index (κ1) is 11.1. The second-order valence-electron chi connectivity index (χ2n) is 4.39. The lowest BCUT2D eigenvalue weighted by atomic mass is 9.84. The van der Waals surface area contributed by atoms with Crippen molar-refractivity contribution in [2.75, 3.05) is 6.54 Å². The minimum absolute atomic E-state index is 0.602. The number of hydrogen-bond donors (Lipinski definition) is 1. The van der Waals surface area contributed by atoms with Crippen molar-refractivity contribution in [2.45, 2.75) is 38.1 Å². The molecular formula is C11H18BrN3. The Morgan fingerprint density at radius 1 is 1.40 bits per heavy atom. The first-order valence-electron chi connectivity index (χ1n) is 5.69. The van der Waals surface area contributed by atoms with Crippen molar-refractivity contribution in [3.05, 3.63) is 16.9 Å². The van der Waals surface area contributed by atoms with Crippen LogP contribution in [0.3, 0.4) is 0 Å². The van der Waals surface area contributed by atoms with E-state index in [1.54, 1.807) is 0 Å². The molecule has 1 fully saturated rings. The van der Waals surface area contributed by atoms with Crippen molar-refractivity contribution in [1.82, 2.24) is 9.78 Å². The molecule has 1 saturated carbocycles. The molecule has 0 amide bonds. The topological polar surface area (TPSA) is 43.8 Å². The van der Waals surface area contributed by atoms with E-state index < -0.39 is 0 Å². The van der Waals surface area contributed by atoms with Crippen LogP contribution in [0.25, 0.3) is 0 Å². The minimum Gasteiger partial charge on any atom is -0.330 e. The molecule has 0 spiro atoms. The lowest BCUT2D eigenvalue weighted by molar-refractivity contribution is 0.253. The van der Waals surface area contributed by atoms with Crippen LogP contribution in [-0.4, -0.2) is 16.3 Å². The molecule has 0 atom stereocenters.